The number of methoxy groups -OCH3 is 1. The second-order valence-corrected chi connectivity index (χ2v) is 3.16. The fraction of sp³-hybridized carbons (Fsp3) is 0.111. The van der Waals surface area contributed by atoms with E-state index in [-0.39, 0.29) is 10.7 Å². The molecular weight excluding hydrogens is 236 g/mol. The lowest BCUT2D eigenvalue weighted by atomic mass is 10.2. The Labute approximate surface area is 96.1 Å². The van der Waals surface area contributed by atoms with E-state index >= 15 is 0 Å². The number of nitrogens with one attached hydrogen (secondary N) is 1. The summed E-state index contributed by atoms with van der Waals surface area (Å²) in [5, 5.41) is 3.50. The van der Waals surface area contributed by atoms with Gasteiger partial charge in [0.05, 0.1) is 13.3 Å². The van der Waals surface area contributed by atoms with Gasteiger partial charge in [-0.1, -0.05) is 0 Å². The Morgan fingerprint density at radius 1 is 1.56 bits per heavy atom. The van der Waals surface area contributed by atoms with Crippen molar-refractivity contribution in [3.8, 4) is 5.75 Å². The van der Waals surface area contributed by atoms with Crippen LogP contribution in [0.2, 0.25) is 0 Å². The van der Waals surface area contributed by atoms with Crippen molar-refractivity contribution in [1.29, 1.82) is 0 Å². The van der Waals surface area contributed by atoms with Crippen LogP contribution < -0.4 is 15.9 Å². The van der Waals surface area contributed by atoms with Crippen LogP contribution in [0.3, 0.4) is 0 Å². The van der Waals surface area contributed by atoms with Gasteiger partial charge in [0, 0.05) is 5.56 Å². The van der Waals surface area contributed by atoms with E-state index in [4.69, 9.17) is 5.73 Å². The zero-order chi connectivity index (χ0) is 12.1. The van der Waals surface area contributed by atoms with Crippen molar-refractivity contribution in [3.63, 3.8) is 0 Å². The largest absolute Gasteiger partial charge is 0.491 e. The van der Waals surface area contributed by atoms with Crippen molar-refractivity contribution in [2.75, 3.05) is 7.11 Å². The van der Waals surface area contributed by atoms with Gasteiger partial charge in [0.2, 0.25) is 0 Å². The number of nitrogens with zero attached hydrogens (tertiary/aromatic N) is 1. The maximum atomic E-state index is 13.5. The van der Waals surface area contributed by atoms with Crippen molar-refractivity contribution < 1.29 is 13.5 Å². The average molecular weight is 245 g/mol. The highest BCUT2D eigenvalue weighted by atomic mass is 32.1. The van der Waals surface area contributed by atoms with Crippen molar-refractivity contribution in [3.05, 3.63) is 29.3 Å². The summed E-state index contributed by atoms with van der Waals surface area (Å²) in [6.07, 6.45) is 1.12. The van der Waals surface area contributed by atoms with Gasteiger partial charge in [0.15, 0.2) is 22.5 Å². The van der Waals surface area contributed by atoms with Crippen molar-refractivity contribution >= 4 is 23.5 Å². The first-order chi connectivity index (χ1) is 7.56. The van der Waals surface area contributed by atoms with Gasteiger partial charge in [-0.2, -0.15) is 5.10 Å². The molecule has 0 bridgehead atoms. The molecule has 7 heteroatoms. The SMILES string of the molecule is COc1c(F)ccc(C=NNC(N)=S)c1F. The van der Waals surface area contributed by atoms with E-state index in [1.54, 1.807) is 0 Å². The molecule has 1 aromatic carbocycles. The molecule has 0 amide bonds. The van der Waals surface area contributed by atoms with Gasteiger partial charge in [-0.05, 0) is 24.4 Å². The summed E-state index contributed by atoms with van der Waals surface area (Å²) in [4.78, 5) is 0. The minimum absolute atomic E-state index is 0.0502. The molecule has 0 radical (unpaired) electrons. The van der Waals surface area contributed by atoms with Crippen LogP contribution >= 0.6 is 12.2 Å². The van der Waals surface area contributed by atoms with Gasteiger partial charge < -0.3 is 10.5 Å². The fourth-order valence-corrected chi connectivity index (χ4v) is 1.05. The summed E-state index contributed by atoms with van der Waals surface area (Å²) >= 11 is 4.49. The highest BCUT2D eigenvalue weighted by Gasteiger charge is 2.12. The number of rotatable bonds is 3. The number of thiocarbonyl (C=S) groups is 1. The van der Waals surface area contributed by atoms with Crippen molar-refractivity contribution in [1.82, 2.24) is 5.43 Å². The Morgan fingerprint density at radius 3 is 2.81 bits per heavy atom. The fourth-order valence-electron chi connectivity index (χ4n) is 1.000. The van der Waals surface area contributed by atoms with Gasteiger partial charge in [-0.15, -0.1) is 0 Å². The Bertz CT molecular complexity index is 437. The zero-order valence-electron chi connectivity index (χ0n) is 8.33. The van der Waals surface area contributed by atoms with Gasteiger partial charge in [-0.3, -0.25) is 5.43 Å². The number of hydrogen-bond donors (Lipinski definition) is 2. The Kier molecular flexibility index (Phi) is 4.12. The monoisotopic (exact) mass is 245 g/mol. The lowest BCUT2D eigenvalue weighted by Crippen LogP contribution is -2.24. The molecule has 3 N–H and O–H groups in total. The molecule has 0 spiro atoms. The molecule has 4 nitrogen and oxygen atoms in total. The van der Waals surface area contributed by atoms with Gasteiger partial charge in [-0.25, -0.2) is 8.78 Å². The molecular formula is C9H9F2N3OS. The number of ether oxygens (including phenoxy) is 1. The molecule has 86 valence electrons. The van der Waals surface area contributed by atoms with E-state index in [2.05, 4.69) is 27.5 Å². The first-order valence-corrected chi connectivity index (χ1v) is 4.57. The smallest absolute Gasteiger partial charge is 0.191 e. The minimum Gasteiger partial charge on any atom is -0.491 e. The maximum absolute atomic E-state index is 13.5. The van der Waals surface area contributed by atoms with E-state index in [0.29, 0.717) is 0 Å². The zero-order valence-corrected chi connectivity index (χ0v) is 9.15. The highest BCUT2D eigenvalue weighted by molar-refractivity contribution is 7.80. The van der Waals surface area contributed by atoms with Crippen LogP contribution in [0.15, 0.2) is 17.2 Å². The Balaban J connectivity index is 2.98. The van der Waals surface area contributed by atoms with Gasteiger partial charge in [0.1, 0.15) is 0 Å². The number of hydrazone groups is 1. The van der Waals surface area contributed by atoms with Crippen molar-refractivity contribution in [2.45, 2.75) is 0 Å². The Morgan fingerprint density at radius 2 is 2.25 bits per heavy atom. The number of benzene rings is 1. The lowest BCUT2D eigenvalue weighted by molar-refractivity contribution is 0.359. The lowest BCUT2D eigenvalue weighted by Gasteiger charge is -2.05. The quantitative estimate of drug-likeness (QED) is 0.476. The second-order valence-electron chi connectivity index (χ2n) is 2.72. The number of halogens is 2. The molecule has 0 aliphatic carbocycles. The van der Waals surface area contributed by atoms with Crippen LogP contribution in [0.4, 0.5) is 8.78 Å². The highest BCUT2D eigenvalue weighted by Crippen LogP contribution is 2.22. The maximum Gasteiger partial charge on any atom is 0.191 e. The first kappa shape index (κ1) is 12.3. The van der Waals surface area contributed by atoms with Crippen LogP contribution in [-0.2, 0) is 0 Å². The molecule has 0 aliphatic rings. The standard InChI is InChI=1S/C9H9F2N3OS/c1-15-8-6(10)3-2-5(7(8)11)4-13-14-9(12)16/h2-4H,1H3,(H3,12,14,16). The summed E-state index contributed by atoms with van der Waals surface area (Å²) in [6.45, 7) is 0. The molecule has 0 fully saturated rings. The molecule has 1 rings (SSSR count). The summed E-state index contributed by atoms with van der Waals surface area (Å²) in [6, 6.07) is 2.29. The third-order valence-electron chi connectivity index (χ3n) is 1.66. The molecule has 0 saturated heterocycles. The average Bonchev–Trinajstić information content (AvgIpc) is 2.22. The Hall–Kier alpha value is -1.76. The number of hydrogen-bond acceptors (Lipinski definition) is 3. The molecule has 16 heavy (non-hydrogen) atoms. The summed E-state index contributed by atoms with van der Waals surface area (Å²) in [5.74, 6) is -2.07. The normalized spacial score (nSPS) is 10.4. The van der Waals surface area contributed by atoms with E-state index in [0.717, 1.165) is 12.3 Å². The molecule has 0 saturated carbocycles. The minimum atomic E-state index is -0.837. The van der Waals surface area contributed by atoms with E-state index in [9.17, 15) is 8.78 Å². The third kappa shape index (κ3) is 2.86. The van der Waals surface area contributed by atoms with Gasteiger partial charge in [0.25, 0.3) is 0 Å². The van der Waals surface area contributed by atoms with Crippen LogP contribution in [0.25, 0.3) is 0 Å². The van der Waals surface area contributed by atoms with E-state index < -0.39 is 17.4 Å². The van der Waals surface area contributed by atoms with Crippen LogP contribution in [0.1, 0.15) is 5.56 Å². The van der Waals surface area contributed by atoms with Crippen molar-refractivity contribution in [2.24, 2.45) is 10.8 Å². The molecule has 0 aliphatic heterocycles. The van der Waals surface area contributed by atoms with Gasteiger partial charge >= 0.3 is 0 Å². The molecule has 0 unspecified atom stereocenters. The second kappa shape index (κ2) is 5.36. The third-order valence-corrected chi connectivity index (χ3v) is 1.75. The summed E-state index contributed by atoms with van der Waals surface area (Å²) in [5.41, 5.74) is 7.41. The van der Waals surface area contributed by atoms with E-state index in [1.165, 1.54) is 13.2 Å². The summed E-state index contributed by atoms with van der Waals surface area (Å²) in [7, 11) is 1.18. The van der Waals surface area contributed by atoms with Crippen LogP contribution in [-0.4, -0.2) is 18.4 Å². The number of nitrogens with two attached hydrogens (primary N) is 1. The molecule has 1 aromatic rings. The predicted octanol–water partition coefficient (Wildman–Crippen LogP) is 1.14. The van der Waals surface area contributed by atoms with Crippen LogP contribution in [0, 0.1) is 11.6 Å². The predicted molar refractivity (Wildman–Crippen MR) is 60.4 cm³/mol. The van der Waals surface area contributed by atoms with E-state index in [1.807, 2.05) is 0 Å². The summed E-state index contributed by atoms with van der Waals surface area (Å²) < 4.78 is 31.1. The molecule has 0 atom stereocenters. The molecule has 0 aromatic heterocycles. The topological polar surface area (TPSA) is 59.6 Å². The first-order valence-electron chi connectivity index (χ1n) is 4.16. The van der Waals surface area contributed by atoms with Crippen LogP contribution in [0.5, 0.6) is 5.75 Å². The molecule has 0 heterocycles.